The summed E-state index contributed by atoms with van der Waals surface area (Å²) in [4.78, 5) is 31.7. The van der Waals surface area contributed by atoms with Gasteiger partial charge in [0.05, 0.1) is 33.5 Å². The zero-order valence-electron chi connectivity index (χ0n) is 51.2. The molecule has 6 heterocycles. The van der Waals surface area contributed by atoms with Crippen LogP contribution in [0, 0.1) is 0 Å². The summed E-state index contributed by atoms with van der Waals surface area (Å²) in [6, 6.07) is 114. The molecule has 4 aromatic heterocycles. The van der Waals surface area contributed by atoms with Crippen LogP contribution in [-0.4, -0.2) is 36.2 Å². The fourth-order valence-electron chi connectivity index (χ4n) is 14.6. The van der Waals surface area contributed by atoms with Crippen LogP contribution < -0.4 is 26.2 Å². The smallest absolute Gasteiger partial charge is 0.252 e. The Bertz CT molecular complexity index is 5690. The molecule has 0 saturated carbocycles. The minimum Gasteiger partial charge on any atom is -0.455 e. The second kappa shape index (κ2) is 22.0. The standard InChI is InChI=1S/C85H53BN8O/c1-6-24-55(25-7-1)69-53-70(88-82(87-69)58-44-42-54(43-45-58)60-51-76-80-77(52-60)93(62-32-14-5-15-33-62)74-40-22-19-37-68(74)86(80)67-36-18-21-39-73(67)92(76)61-30-12-4-13-31-61)66-50-59(85-90-83(56-26-8-2-9-27-56)89-84(91-85)57-28-10-3-11-29-57)46-48-72(66)94-71-38-20-16-35-65(71)79-75(94)49-47-64-63-34-17-23-41-78(63)95-81(64)79/h1-53H. The van der Waals surface area contributed by atoms with Gasteiger partial charge in [-0.1, -0.05) is 224 Å². The number of nitrogens with zero attached hydrogens (tertiary/aromatic N) is 8. The summed E-state index contributed by atoms with van der Waals surface area (Å²) in [7, 11) is 0. The molecule has 0 atom stereocenters. The van der Waals surface area contributed by atoms with Crippen molar-refractivity contribution in [3.63, 3.8) is 0 Å². The van der Waals surface area contributed by atoms with E-state index in [-0.39, 0.29) is 6.71 Å². The third-order valence-corrected chi connectivity index (χ3v) is 18.8. The Balaban J connectivity index is 0.819. The van der Waals surface area contributed by atoms with E-state index in [1.165, 1.54) is 27.8 Å². The highest BCUT2D eigenvalue weighted by Crippen LogP contribution is 2.48. The van der Waals surface area contributed by atoms with E-state index < -0.39 is 0 Å². The average molecular weight is 1210 g/mol. The van der Waals surface area contributed by atoms with Gasteiger partial charge in [-0.3, -0.25) is 0 Å². The molecule has 0 bridgehead atoms. The van der Waals surface area contributed by atoms with Crippen molar-refractivity contribution in [3.05, 3.63) is 322 Å². The number of hydrogen-bond donors (Lipinski definition) is 0. The van der Waals surface area contributed by atoms with Crippen LogP contribution in [0.25, 0.3) is 129 Å². The van der Waals surface area contributed by atoms with Crippen LogP contribution in [0.5, 0.6) is 0 Å². The lowest BCUT2D eigenvalue weighted by Gasteiger charge is -2.44. The van der Waals surface area contributed by atoms with Gasteiger partial charge < -0.3 is 18.8 Å². The van der Waals surface area contributed by atoms with Gasteiger partial charge in [0.1, 0.15) is 11.2 Å². The van der Waals surface area contributed by atoms with Crippen LogP contribution in [0.4, 0.5) is 34.1 Å². The van der Waals surface area contributed by atoms with Crippen molar-refractivity contribution >= 4 is 101 Å². The van der Waals surface area contributed by atoms with Gasteiger partial charge in [0.2, 0.25) is 0 Å². The van der Waals surface area contributed by atoms with E-state index in [1.54, 1.807) is 0 Å². The number of rotatable bonds is 10. The number of aromatic nitrogens is 6. The molecule has 0 radical (unpaired) electrons. The summed E-state index contributed by atoms with van der Waals surface area (Å²) in [6.45, 7) is 0.00601. The van der Waals surface area contributed by atoms with Crippen LogP contribution >= 0.6 is 0 Å². The molecule has 0 amide bonds. The average Bonchev–Trinajstić information content (AvgIpc) is 0.973. The second-order valence-electron chi connectivity index (χ2n) is 24.3. The molecule has 95 heavy (non-hydrogen) atoms. The van der Waals surface area contributed by atoms with Crippen molar-refractivity contribution in [3.8, 4) is 84.9 Å². The number of hydrogen-bond acceptors (Lipinski definition) is 8. The van der Waals surface area contributed by atoms with Crippen molar-refractivity contribution < 1.29 is 4.42 Å². The van der Waals surface area contributed by atoms with Gasteiger partial charge in [-0.05, 0) is 125 Å². The van der Waals surface area contributed by atoms with Gasteiger partial charge in [-0.2, -0.15) is 0 Å². The van der Waals surface area contributed by atoms with Crippen molar-refractivity contribution in [2.75, 3.05) is 9.80 Å². The Morgan fingerprint density at radius 3 is 1.38 bits per heavy atom. The lowest BCUT2D eigenvalue weighted by atomic mass is 9.33. The molecule has 2 aliphatic heterocycles. The number of furan rings is 1. The lowest BCUT2D eigenvalue weighted by Crippen LogP contribution is -2.61. The first kappa shape index (κ1) is 54.0. The Kier molecular flexibility index (Phi) is 12.5. The zero-order valence-corrected chi connectivity index (χ0v) is 51.2. The van der Waals surface area contributed by atoms with E-state index in [0.29, 0.717) is 23.3 Å². The van der Waals surface area contributed by atoms with E-state index in [0.717, 1.165) is 128 Å². The van der Waals surface area contributed by atoms with Crippen molar-refractivity contribution in [2.45, 2.75) is 0 Å². The molecule has 0 N–H and O–H groups in total. The first-order valence-electron chi connectivity index (χ1n) is 32.1. The molecular formula is C85H53BN8O. The molecule has 0 aliphatic carbocycles. The predicted octanol–water partition coefficient (Wildman–Crippen LogP) is 19.4. The molecule has 10 heteroatoms. The summed E-state index contributed by atoms with van der Waals surface area (Å²) >= 11 is 0. The zero-order chi connectivity index (χ0) is 62.5. The highest BCUT2D eigenvalue weighted by atomic mass is 16.3. The van der Waals surface area contributed by atoms with Crippen LogP contribution in [0.2, 0.25) is 0 Å². The third-order valence-electron chi connectivity index (χ3n) is 18.8. The summed E-state index contributed by atoms with van der Waals surface area (Å²) in [5, 5.41) is 4.26. The fraction of sp³-hybridized carbons (Fsp3) is 0. The first-order valence-corrected chi connectivity index (χ1v) is 32.1. The molecule has 0 spiro atoms. The summed E-state index contributed by atoms with van der Waals surface area (Å²) in [6.07, 6.45) is 0. The SMILES string of the molecule is c1ccc(-c2cc(-c3cc(-c4nc(-c5ccccc5)nc(-c5ccccc5)n4)ccc3-n3c4ccccc4c4c5oc6ccccc6c5ccc43)nc(-c3ccc(-c4cc5c6c(c4)N(c4ccccc4)c4ccccc4B6c4ccccc4N5c4ccccc4)cc3)n2)cc1. The number of para-hydroxylation sites is 6. The summed E-state index contributed by atoms with van der Waals surface area (Å²) in [5.74, 6) is 2.26. The van der Waals surface area contributed by atoms with Crippen LogP contribution in [0.1, 0.15) is 0 Å². The number of fused-ring (bicyclic) bond motifs is 11. The second-order valence-corrected chi connectivity index (χ2v) is 24.3. The maximum absolute atomic E-state index is 6.83. The molecular weight excluding hydrogens is 1160 g/mol. The molecule has 2 aliphatic rings. The van der Waals surface area contributed by atoms with Gasteiger partial charge in [0.15, 0.2) is 23.3 Å². The first-order chi connectivity index (χ1) is 47.1. The molecule has 0 unspecified atom stereocenters. The molecule has 9 nitrogen and oxygen atoms in total. The van der Waals surface area contributed by atoms with Gasteiger partial charge in [0, 0.05) is 83.7 Å². The largest absolute Gasteiger partial charge is 0.455 e. The van der Waals surface area contributed by atoms with Gasteiger partial charge >= 0.3 is 0 Å². The number of anilines is 6. The molecule has 442 valence electrons. The Hall–Kier alpha value is -12.8. The maximum atomic E-state index is 6.83. The highest BCUT2D eigenvalue weighted by molar-refractivity contribution is 7.00. The van der Waals surface area contributed by atoms with E-state index in [1.807, 2.05) is 78.9 Å². The van der Waals surface area contributed by atoms with E-state index in [9.17, 15) is 0 Å². The minimum atomic E-state index is 0.00601. The predicted molar refractivity (Wildman–Crippen MR) is 389 cm³/mol. The van der Waals surface area contributed by atoms with Crippen LogP contribution in [0.15, 0.2) is 326 Å². The number of benzene rings is 13. The normalized spacial score (nSPS) is 12.4. The quantitative estimate of drug-likeness (QED) is 0.125. The molecule has 0 saturated heterocycles. The molecule has 17 aromatic rings. The fourth-order valence-corrected chi connectivity index (χ4v) is 14.6. The monoisotopic (exact) mass is 1210 g/mol. The van der Waals surface area contributed by atoms with Crippen LogP contribution in [0.3, 0.4) is 0 Å². The maximum Gasteiger partial charge on any atom is 0.252 e. The third kappa shape index (κ3) is 8.91. The molecule has 19 rings (SSSR count). The summed E-state index contributed by atoms with van der Waals surface area (Å²) < 4.78 is 9.19. The highest BCUT2D eigenvalue weighted by Gasteiger charge is 2.43. The van der Waals surface area contributed by atoms with Crippen molar-refractivity contribution in [1.82, 2.24) is 29.5 Å². The molecule has 13 aromatic carbocycles. The van der Waals surface area contributed by atoms with Gasteiger partial charge in [-0.25, -0.2) is 24.9 Å². The molecule has 0 fully saturated rings. The van der Waals surface area contributed by atoms with Crippen molar-refractivity contribution in [2.24, 2.45) is 0 Å². The lowest BCUT2D eigenvalue weighted by molar-refractivity contribution is 0.673. The Morgan fingerprint density at radius 1 is 0.284 bits per heavy atom. The Morgan fingerprint density at radius 2 is 0.758 bits per heavy atom. The van der Waals surface area contributed by atoms with Crippen LogP contribution in [-0.2, 0) is 0 Å². The minimum absolute atomic E-state index is 0.00601. The van der Waals surface area contributed by atoms with E-state index in [4.69, 9.17) is 29.3 Å². The van der Waals surface area contributed by atoms with E-state index >= 15 is 0 Å². The van der Waals surface area contributed by atoms with Crippen molar-refractivity contribution in [1.29, 1.82) is 0 Å². The summed E-state index contributed by atoms with van der Waals surface area (Å²) in [5.41, 5.74) is 24.2. The van der Waals surface area contributed by atoms with E-state index in [2.05, 4.69) is 257 Å². The van der Waals surface area contributed by atoms with Gasteiger partial charge in [-0.15, -0.1) is 0 Å². The topological polar surface area (TPSA) is 89.0 Å². The van der Waals surface area contributed by atoms with Gasteiger partial charge in [0.25, 0.3) is 6.71 Å². The Labute approximate surface area is 547 Å².